The molecule has 0 aliphatic carbocycles. The predicted octanol–water partition coefficient (Wildman–Crippen LogP) is 4.92. The second-order valence-corrected chi connectivity index (χ2v) is 7.48. The Balaban J connectivity index is 1.31. The lowest BCUT2D eigenvalue weighted by molar-refractivity contribution is -0.139. The van der Waals surface area contributed by atoms with Gasteiger partial charge in [-0.25, -0.2) is 0 Å². The fraction of sp³-hybridized carbons (Fsp3) is 0.231. The topological polar surface area (TPSA) is 46.6 Å². The molecule has 0 bridgehead atoms. The van der Waals surface area contributed by atoms with Gasteiger partial charge in [0, 0.05) is 24.9 Å². The van der Waals surface area contributed by atoms with Crippen LogP contribution in [0.1, 0.15) is 34.9 Å². The van der Waals surface area contributed by atoms with Crippen LogP contribution in [0.3, 0.4) is 0 Å². The lowest BCUT2D eigenvalue weighted by Crippen LogP contribution is -2.42. The number of carbonyl (C=O) groups excluding carboxylic acids is 2. The van der Waals surface area contributed by atoms with E-state index in [9.17, 15) is 9.59 Å². The number of ether oxygens (including phenoxy) is 1. The molecular weight excluding hydrogens is 374 g/mol. The molecule has 1 aliphatic heterocycles. The lowest BCUT2D eigenvalue weighted by atomic mass is 10.0. The van der Waals surface area contributed by atoms with Gasteiger partial charge in [0.05, 0.1) is 13.2 Å². The van der Waals surface area contributed by atoms with E-state index >= 15 is 0 Å². The Morgan fingerprint density at radius 2 is 1.43 bits per heavy atom. The molecule has 1 fully saturated rings. The van der Waals surface area contributed by atoms with Gasteiger partial charge in [-0.05, 0) is 16.7 Å². The molecular formula is C26H25NO3. The molecule has 3 aromatic carbocycles. The van der Waals surface area contributed by atoms with Crippen LogP contribution in [0.15, 0.2) is 84.9 Å². The fourth-order valence-corrected chi connectivity index (χ4v) is 3.75. The largest absolute Gasteiger partial charge is 0.370 e. The molecule has 1 aliphatic rings. The highest BCUT2D eigenvalue weighted by Crippen LogP contribution is 2.23. The Kier molecular flexibility index (Phi) is 6.35. The van der Waals surface area contributed by atoms with Gasteiger partial charge in [-0.1, -0.05) is 84.9 Å². The summed E-state index contributed by atoms with van der Waals surface area (Å²) in [6.45, 7) is 1.62. The zero-order chi connectivity index (χ0) is 20.8. The van der Waals surface area contributed by atoms with Gasteiger partial charge in [0.25, 0.3) is 0 Å². The van der Waals surface area contributed by atoms with Crippen LogP contribution in [0.5, 0.6) is 0 Å². The number of Topliss-reactive ketones (excluding diaryl/α,β-unsaturated/α-hetero) is 1. The van der Waals surface area contributed by atoms with Gasteiger partial charge in [-0.2, -0.15) is 0 Å². The van der Waals surface area contributed by atoms with Crippen molar-refractivity contribution >= 4 is 11.7 Å². The minimum absolute atomic E-state index is 0.00386. The Labute approximate surface area is 177 Å². The smallest absolute Gasteiger partial charge is 0.223 e. The van der Waals surface area contributed by atoms with Crippen molar-refractivity contribution < 1.29 is 14.3 Å². The third kappa shape index (κ3) is 4.84. The van der Waals surface area contributed by atoms with Crippen LogP contribution >= 0.6 is 0 Å². The van der Waals surface area contributed by atoms with E-state index in [2.05, 4.69) is 0 Å². The molecule has 4 rings (SSSR count). The summed E-state index contributed by atoms with van der Waals surface area (Å²) >= 11 is 0. The first kappa shape index (κ1) is 20.0. The SMILES string of the molecule is O=C(CCC(=O)N1CCO[C@H](c2ccccc2)C1)c1ccc(-c2ccccc2)cc1. The molecule has 30 heavy (non-hydrogen) atoms. The second kappa shape index (κ2) is 9.51. The molecule has 0 aromatic heterocycles. The summed E-state index contributed by atoms with van der Waals surface area (Å²) in [5.74, 6) is 0.00400. The molecule has 0 spiro atoms. The van der Waals surface area contributed by atoms with Crippen LogP contribution < -0.4 is 0 Å². The third-order valence-electron chi connectivity index (χ3n) is 5.47. The molecule has 152 valence electrons. The molecule has 1 atom stereocenters. The van der Waals surface area contributed by atoms with Crippen LogP contribution in [0.4, 0.5) is 0 Å². The summed E-state index contributed by atoms with van der Waals surface area (Å²) in [4.78, 5) is 27.1. The summed E-state index contributed by atoms with van der Waals surface area (Å²) in [7, 11) is 0. The molecule has 1 amide bonds. The monoisotopic (exact) mass is 399 g/mol. The molecule has 0 radical (unpaired) electrons. The number of amides is 1. The molecule has 0 unspecified atom stereocenters. The second-order valence-electron chi connectivity index (χ2n) is 7.48. The fourth-order valence-electron chi connectivity index (χ4n) is 3.75. The zero-order valence-electron chi connectivity index (χ0n) is 16.9. The van der Waals surface area contributed by atoms with Crippen molar-refractivity contribution in [3.8, 4) is 11.1 Å². The van der Waals surface area contributed by atoms with Crippen LogP contribution in [0, 0.1) is 0 Å². The lowest BCUT2D eigenvalue weighted by Gasteiger charge is -2.33. The van der Waals surface area contributed by atoms with Gasteiger partial charge in [0.2, 0.25) is 5.91 Å². The van der Waals surface area contributed by atoms with Crippen molar-refractivity contribution in [2.24, 2.45) is 0 Å². The highest BCUT2D eigenvalue weighted by atomic mass is 16.5. The quantitative estimate of drug-likeness (QED) is 0.553. The Hall–Kier alpha value is -3.24. The summed E-state index contributed by atoms with van der Waals surface area (Å²) in [5, 5.41) is 0. The molecule has 0 N–H and O–H groups in total. The van der Waals surface area contributed by atoms with Gasteiger partial charge in [-0.15, -0.1) is 0 Å². The Bertz CT molecular complexity index is 984. The minimum atomic E-state index is -0.106. The van der Waals surface area contributed by atoms with Crippen molar-refractivity contribution in [2.75, 3.05) is 19.7 Å². The molecule has 1 heterocycles. The number of hydrogen-bond donors (Lipinski definition) is 0. The number of morpholine rings is 1. The van der Waals surface area contributed by atoms with Crippen LogP contribution in [-0.2, 0) is 9.53 Å². The Morgan fingerprint density at radius 1 is 0.800 bits per heavy atom. The first-order valence-corrected chi connectivity index (χ1v) is 10.3. The van der Waals surface area contributed by atoms with Gasteiger partial charge in [-0.3, -0.25) is 9.59 Å². The average Bonchev–Trinajstić information content (AvgIpc) is 2.83. The van der Waals surface area contributed by atoms with Crippen LogP contribution in [-0.4, -0.2) is 36.3 Å². The minimum Gasteiger partial charge on any atom is -0.370 e. The van der Waals surface area contributed by atoms with E-state index in [1.165, 1.54) is 0 Å². The van der Waals surface area contributed by atoms with Crippen molar-refractivity contribution in [1.29, 1.82) is 0 Å². The van der Waals surface area contributed by atoms with Gasteiger partial charge in [0.1, 0.15) is 6.10 Å². The number of hydrogen-bond acceptors (Lipinski definition) is 3. The van der Waals surface area contributed by atoms with E-state index in [1.807, 2.05) is 89.8 Å². The van der Waals surface area contributed by atoms with Gasteiger partial charge >= 0.3 is 0 Å². The van der Waals surface area contributed by atoms with Gasteiger partial charge in [0.15, 0.2) is 5.78 Å². The zero-order valence-corrected chi connectivity index (χ0v) is 16.9. The molecule has 3 aromatic rings. The predicted molar refractivity (Wildman–Crippen MR) is 117 cm³/mol. The summed E-state index contributed by atoms with van der Waals surface area (Å²) in [6.07, 6.45) is 0.336. The first-order valence-electron chi connectivity index (χ1n) is 10.3. The van der Waals surface area contributed by atoms with E-state index in [4.69, 9.17) is 4.74 Å². The number of nitrogens with zero attached hydrogens (tertiary/aromatic N) is 1. The van der Waals surface area contributed by atoms with E-state index in [0.717, 1.165) is 16.7 Å². The number of rotatable bonds is 6. The van der Waals surface area contributed by atoms with Crippen molar-refractivity contribution in [3.05, 3.63) is 96.1 Å². The molecule has 1 saturated heterocycles. The maximum Gasteiger partial charge on any atom is 0.223 e. The van der Waals surface area contributed by atoms with Crippen molar-refractivity contribution in [1.82, 2.24) is 4.90 Å². The molecule has 4 nitrogen and oxygen atoms in total. The maximum absolute atomic E-state index is 12.7. The average molecular weight is 399 g/mol. The number of carbonyl (C=O) groups is 2. The highest BCUT2D eigenvalue weighted by molar-refractivity contribution is 5.98. The normalized spacial score (nSPS) is 16.3. The van der Waals surface area contributed by atoms with E-state index < -0.39 is 0 Å². The van der Waals surface area contributed by atoms with Crippen LogP contribution in [0.2, 0.25) is 0 Å². The summed E-state index contributed by atoms with van der Waals surface area (Å²) in [5.41, 5.74) is 3.91. The summed E-state index contributed by atoms with van der Waals surface area (Å²) in [6, 6.07) is 27.6. The first-order chi connectivity index (χ1) is 14.7. The Morgan fingerprint density at radius 3 is 2.13 bits per heavy atom. The molecule has 4 heteroatoms. The van der Waals surface area contributed by atoms with Crippen molar-refractivity contribution in [3.63, 3.8) is 0 Å². The molecule has 0 saturated carbocycles. The number of ketones is 1. The van der Waals surface area contributed by atoms with E-state index in [1.54, 1.807) is 0 Å². The van der Waals surface area contributed by atoms with Gasteiger partial charge < -0.3 is 9.64 Å². The van der Waals surface area contributed by atoms with Crippen LogP contribution in [0.25, 0.3) is 11.1 Å². The highest BCUT2D eigenvalue weighted by Gasteiger charge is 2.25. The van der Waals surface area contributed by atoms with Crippen molar-refractivity contribution in [2.45, 2.75) is 18.9 Å². The number of benzene rings is 3. The third-order valence-corrected chi connectivity index (χ3v) is 5.47. The van der Waals surface area contributed by atoms with E-state index in [-0.39, 0.29) is 30.6 Å². The summed E-state index contributed by atoms with van der Waals surface area (Å²) < 4.78 is 5.83. The maximum atomic E-state index is 12.7. The van der Waals surface area contributed by atoms with E-state index in [0.29, 0.717) is 25.3 Å². The standard InChI is InChI=1S/C26H25NO3/c28-24(22-13-11-21(12-14-22)20-7-3-1-4-8-20)15-16-26(29)27-17-18-30-25(19-27)23-9-5-2-6-10-23/h1-14,25H,15-19H2/t25-/m0/s1.